The van der Waals surface area contributed by atoms with E-state index in [-0.39, 0.29) is 5.91 Å². The number of nitrogens with zero attached hydrogens (tertiary/aromatic N) is 3. The normalized spacial score (nSPS) is 15.2. The summed E-state index contributed by atoms with van der Waals surface area (Å²) < 4.78 is 0. The highest BCUT2D eigenvalue weighted by molar-refractivity contribution is 7.09. The molecule has 1 N–H and O–H groups in total. The fraction of sp³-hybridized carbons (Fsp3) is 0.273. The molecule has 5 nitrogen and oxygen atoms in total. The smallest absolute Gasteiger partial charge is 0.255 e. The summed E-state index contributed by atoms with van der Waals surface area (Å²) in [5.41, 5.74) is 1.36. The molecule has 0 spiro atoms. The van der Waals surface area contributed by atoms with E-state index < -0.39 is 0 Å². The van der Waals surface area contributed by atoms with Crippen LogP contribution in [0.1, 0.15) is 21.7 Å². The molecule has 0 radical (unpaired) electrons. The number of aromatic nitrogens is 1. The highest BCUT2D eigenvalue weighted by Crippen LogP contribution is 2.19. The molecule has 4 rings (SSSR count). The van der Waals surface area contributed by atoms with E-state index in [2.05, 4.69) is 37.6 Å². The first-order valence-corrected chi connectivity index (χ1v) is 10.5. The van der Waals surface area contributed by atoms with Gasteiger partial charge in [0.25, 0.3) is 5.91 Å². The van der Waals surface area contributed by atoms with Crippen LogP contribution in [0.5, 0.6) is 0 Å². The van der Waals surface area contributed by atoms with Crippen LogP contribution in [0.2, 0.25) is 0 Å². The van der Waals surface area contributed by atoms with E-state index in [0.29, 0.717) is 11.3 Å². The van der Waals surface area contributed by atoms with Crippen molar-refractivity contribution in [2.45, 2.75) is 13.0 Å². The van der Waals surface area contributed by atoms with E-state index in [1.165, 1.54) is 4.88 Å². The number of thiophene rings is 1. The Morgan fingerprint density at radius 1 is 1.00 bits per heavy atom. The largest absolute Gasteiger partial charge is 0.355 e. The van der Waals surface area contributed by atoms with Gasteiger partial charge in [0, 0.05) is 43.2 Å². The molecule has 3 aromatic rings. The maximum atomic E-state index is 12.3. The Balaban J connectivity index is 1.34. The van der Waals surface area contributed by atoms with Gasteiger partial charge in [-0.15, -0.1) is 11.3 Å². The van der Waals surface area contributed by atoms with Crippen molar-refractivity contribution in [1.29, 1.82) is 0 Å². The van der Waals surface area contributed by atoms with Gasteiger partial charge in [-0.3, -0.25) is 9.69 Å². The summed E-state index contributed by atoms with van der Waals surface area (Å²) in [6.07, 6.45) is 2.87. The molecule has 1 aliphatic rings. The third-order valence-corrected chi connectivity index (χ3v) is 5.77. The Kier molecular flexibility index (Phi) is 5.99. The first-order valence-electron chi connectivity index (χ1n) is 9.60. The molecule has 1 saturated heterocycles. The molecule has 6 heteroatoms. The molecule has 28 heavy (non-hydrogen) atoms. The zero-order chi connectivity index (χ0) is 19.2. The van der Waals surface area contributed by atoms with Crippen molar-refractivity contribution in [3.8, 4) is 0 Å². The second-order valence-electron chi connectivity index (χ2n) is 6.92. The number of anilines is 2. The fourth-order valence-electron chi connectivity index (χ4n) is 3.42. The quantitative estimate of drug-likeness (QED) is 0.710. The number of hydrogen-bond acceptors (Lipinski definition) is 5. The molecule has 0 aliphatic carbocycles. The minimum atomic E-state index is -0.117. The summed E-state index contributed by atoms with van der Waals surface area (Å²) in [6, 6.07) is 17.5. The van der Waals surface area contributed by atoms with Crippen LogP contribution < -0.4 is 10.2 Å². The lowest BCUT2D eigenvalue weighted by Gasteiger charge is -2.22. The highest BCUT2D eigenvalue weighted by atomic mass is 32.1. The Hall–Kier alpha value is -2.70. The van der Waals surface area contributed by atoms with Crippen LogP contribution >= 0.6 is 11.3 Å². The highest BCUT2D eigenvalue weighted by Gasteiger charge is 2.16. The summed E-state index contributed by atoms with van der Waals surface area (Å²) in [7, 11) is 0. The molecule has 0 unspecified atom stereocenters. The van der Waals surface area contributed by atoms with Crippen molar-refractivity contribution in [3.63, 3.8) is 0 Å². The second-order valence-corrected chi connectivity index (χ2v) is 7.95. The molecule has 1 aromatic carbocycles. The molecule has 2 aromatic heterocycles. The van der Waals surface area contributed by atoms with Crippen molar-refractivity contribution in [1.82, 2.24) is 9.88 Å². The third-order valence-electron chi connectivity index (χ3n) is 4.91. The van der Waals surface area contributed by atoms with Crippen molar-refractivity contribution < 1.29 is 4.79 Å². The molecule has 0 bridgehead atoms. The van der Waals surface area contributed by atoms with Crippen LogP contribution in [0.25, 0.3) is 0 Å². The first-order chi connectivity index (χ1) is 13.8. The van der Waals surface area contributed by atoms with E-state index >= 15 is 0 Å². The van der Waals surface area contributed by atoms with E-state index in [1.807, 2.05) is 41.7 Å². The molecular formula is C22H24N4OS. The third kappa shape index (κ3) is 4.77. The van der Waals surface area contributed by atoms with E-state index in [0.717, 1.165) is 45.0 Å². The summed E-state index contributed by atoms with van der Waals surface area (Å²) in [4.78, 5) is 23.1. The lowest BCUT2D eigenvalue weighted by Crippen LogP contribution is -2.30. The van der Waals surface area contributed by atoms with Gasteiger partial charge in [0.1, 0.15) is 5.82 Å². The SMILES string of the molecule is O=C(Nc1ccc(N2CCCN(Cc3cccs3)CC2)nc1)c1ccccc1. The van der Waals surface area contributed by atoms with Crippen molar-refractivity contribution in [3.05, 3.63) is 76.6 Å². The molecule has 0 atom stereocenters. The molecule has 0 saturated carbocycles. The van der Waals surface area contributed by atoms with Gasteiger partial charge < -0.3 is 10.2 Å². The Morgan fingerprint density at radius 2 is 1.89 bits per heavy atom. The van der Waals surface area contributed by atoms with Gasteiger partial charge in [-0.2, -0.15) is 0 Å². The van der Waals surface area contributed by atoms with Gasteiger partial charge in [0.15, 0.2) is 0 Å². The number of carbonyl (C=O) groups excluding carboxylic acids is 1. The number of carbonyl (C=O) groups is 1. The van der Waals surface area contributed by atoms with Crippen LogP contribution in [-0.2, 0) is 6.54 Å². The molecule has 144 valence electrons. The van der Waals surface area contributed by atoms with E-state index in [9.17, 15) is 4.79 Å². The van der Waals surface area contributed by atoms with Crippen LogP contribution in [0.4, 0.5) is 11.5 Å². The average molecular weight is 393 g/mol. The molecule has 3 heterocycles. The van der Waals surface area contributed by atoms with Gasteiger partial charge in [0.05, 0.1) is 11.9 Å². The first kappa shape index (κ1) is 18.7. The lowest BCUT2D eigenvalue weighted by molar-refractivity contribution is 0.102. The summed E-state index contributed by atoms with van der Waals surface area (Å²) in [6.45, 7) is 5.15. The average Bonchev–Trinajstić information content (AvgIpc) is 3.13. The monoisotopic (exact) mass is 392 g/mol. The minimum absolute atomic E-state index is 0.117. The van der Waals surface area contributed by atoms with Crippen molar-refractivity contribution in [2.75, 3.05) is 36.4 Å². The molecule has 1 fully saturated rings. The summed E-state index contributed by atoms with van der Waals surface area (Å²) in [5, 5.41) is 5.05. The predicted molar refractivity (Wildman–Crippen MR) is 115 cm³/mol. The van der Waals surface area contributed by atoms with Crippen LogP contribution in [0, 0.1) is 0 Å². The molecule has 1 amide bonds. The zero-order valence-electron chi connectivity index (χ0n) is 15.8. The van der Waals surface area contributed by atoms with Crippen LogP contribution in [-0.4, -0.2) is 42.0 Å². The molecular weight excluding hydrogens is 368 g/mol. The van der Waals surface area contributed by atoms with Gasteiger partial charge in [-0.1, -0.05) is 24.3 Å². The van der Waals surface area contributed by atoms with Crippen LogP contribution in [0.15, 0.2) is 66.2 Å². The Labute approximate surface area is 169 Å². The maximum Gasteiger partial charge on any atom is 0.255 e. The van der Waals surface area contributed by atoms with Gasteiger partial charge in [-0.25, -0.2) is 4.98 Å². The number of rotatable bonds is 5. The van der Waals surface area contributed by atoms with E-state index in [1.54, 1.807) is 18.3 Å². The Bertz CT molecular complexity index is 881. The molecule has 1 aliphatic heterocycles. The number of benzene rings is 1. The maximum absolute atomic E-state index is 12.3. The fourth-order valence-corrected chi connectivity index (χ4v) is 4.17. The van der Waals surface area contributed by atoms with Crippen molar-refractivity contribution in [2.24, 2.45) is 0 Å². The second kappa shape index (κ2) is 8.99. The van der Waals surface area contributed by atoms with Gasteiger partial charge >= 0.3 is 0 Å². The number of amides is 1. The number of nitrogens with one attached hydrogen (secondary N) is 1. The number of hydrogen-bond donors (Lipinski definition) is 1. The summed E-state index contributed by atoms with van der Waals surface area (Å²) in [5.74, 6) is 0.852. The van der Waals surface area contributed by atoms with Gasteiger partial charge in [-0.05, 0) is 42.1 Å². The topological polar surface area (TPSA) is 48.5 Å². The van der Waals surface area contributed by atoms with Gasteiger partial charge in [0.2, 0.25) is 0 Å². The number of pyridine rings is 1. The van der Waals surface area contributed by atoms with Crippen molar-refractivity contribution >= 4 is 28.7 Å². The lowest BCUT2D eigenvalue weighted by atomic mass is 10.2. The summed E-state index contributed by atoms with van der Waals surface area (Å²) >= 11 is 1.82. The zero-order valence-corrected chi connectivity index (χ0v) is 16.6. The standard InChI is InChI=1S/C22H24N4OS/c27-22(18-6-2-1-3-7-18)24-19-9-10-21(23-16-19)26-12-5-11-25(13-14-26)17-20-8-4-15-28-20/h1-4,6-10,15-16H,5,11-14,17H2,(H,24,27). The Morgan fingerprint density at radius 3 is 2.64 bits per heavy atom. The predicted octanol–water partition coefficient (Wildman–Crippen LogP) is 4.11. The van der Waals surface area contributed by atoms with E-state index in [4.69, 9.17) is 0 Å². The minimum Gasteiger partial charge on any atom is -0.355 e. The van der Waals surface area contributed by atoms with Crippen LogP contribution in [0.3, 0.4) is 0 Å².